The van der Waals surface area contributed by atoms with E-state index in [4.69, 9.17) is 0 Å². The lowest BCUT2D eigenvalue weighted by atomic mass is 10.0. The monoisotopic (exact) mass is 420 g/mol. The average molecular weight is 420 g/mol. The van der Waals surface area contributed by atoms with Crippen molar-refractivity contribution >= 4 is 23.4 Å². The number of thioether (sulfide) groups is 1. The van der Waals surface area contributed by atoms with E-state index < -0.39 is 17.6 Å². The van der Waals surface area contributed by atoms with Crippen molar-refractivity contribution in [3.63, 3.8) is 0 Å². The van der Waals surface area contributed by atoms with E-state index in [1.54, 1.807) is 6.07 Å². The van der Waals surface area contributed by atoms with Gasteiger partial charge in [0.1, 0.15) is 11.1 Å². The zero-order valence-corrected chi connectivity index (χ0v) is 16.5. The van der Waals surface area contributed by atoms with Gasteiger partial charge in [-0.05, 0) is 30.3 Å². The van der Waals surface area contributed by atoms with E-state index in [-0.39, 0.29) is 11.4 Å². The molecule has 1 N–H and O–H groups in total. The summed E-state index contributed by atoms with van der Waals surface area (Å²) in [5.41, 5.74) is 1.09. The lowest BCUT2D eigenvalue weighted by molar-refractivity contribution is -0.137. The molecule has 3 rings (SSSR count). The van der Waals surface area contributed by atoms with Crippen molar-refractivity contribution in [1.29, 1.82) is 5.26 Å². The summed E-state index contributed by atoms with van der Waals surface area (Å²) in [6, 6.07) is 8.72. The molecule has 0 radical (unpaired) electrons. The third-order valence-electron chi connectivity index (χ3n) is 4.63. The van der Waals surface area contributed by atoms with Crippen LogP contribution in [0.1, 0.15) is 29.3 Å². The Hall–Kier alpha value is -2.57. The number of para-hydroxylation sites is 1. The van der Waals surface area contributed by atoms with Crippen molar-refractivity contribution in [1.82, 2.24) is 9.88 Å². The lowest BCUT2D eigenvalue weighted by Gasteiger charge is -2.27. The fraction of sp³-hybridized carbons (Fsp3) is 0.350. The number of alkyl halides is 3. The maximum absolute atomic E-state index is 13.1. The molecule has 0 unspecified atom stereocenters. The Morgan fingerprint density at radius 1 is 1.38 bits per heavy atom. The summed E-state index contributed by atoms with van der Waals surface area (Å²) in [6.45, 7) is 4.59. The van der Waals surface area contributed by atoms with Crippen LogP contribution in [0.5, 0.6) is 0 Å². The molecule has 152 valence electrons. The van der Waals surface area contributed by atoms with E-state index >= 15 is 0 Å². The molecule has 0 spiro atoms. The molecule has 2 heterocycles. The standard InChI is InChI=1S/C20H19F3N4OS/c1-2-27-8-7-16-14(11-27)9-13(10-24)19(26-16)29-12-18(28)25-17-6-4-3-5-15(17)20(21,22)23/h3-6,9H,2,7-8,11-12H2,1H3,(H,25,28). The summed E-state index contributed by atoms with van der Waals surface area (Å²) >= 11 is 1.05. The normalized spacial score (nSPS) is 14.2. The number of hydrogen-bond donors (Lipinski definition) is 1. The Morgan fingerprint density at radius 3 is 2.83 bits per heavy atom. The minimum atomic E-state index is -4.56. The molecule has 29 heavy (non-hydrogen) atoms. The van der Waals surface area contributed by atoms with Gasteiger partial charge in [-0.3, -0.25) is 9.69 Å². The number of pyridine rings is 1. The number of likely N-dealkylation sites (N-methyl/N-ethyl adjacent to an activating group) is 1. The molecule has 0 aliphatic carbocycles. The Bertz CT molecular complexity index is 956. The second-order valence-corrected chi connectivity index (χ2v) is 7.52. The number of hydrogen-bond acceptors (Lipinski definition) is 5. The molecule has 2 aromatic rings. The molecular weight excluding hydrogens is 401 g/mol. The van der Waals surface area contributed by atoms with Crippen LogP contribution in [-0.2, 0) is 23.9 Å². The number of benzene rings is 1. The number of carbonyl (C=O) groups excluding carboxylic acids is 1. The molecule has 1 aliphatic heterocycles. The van der Waals surface area contributed by atoms with Crippen LogP contribution in [0.15, 0.2) is 35.4 Å². The molecule has 0 atom stereocenters. The summed E-state index contributed by atoms with van der Waals surface area (Å²) in [7, 11) is 0. The fourth-order valence-electron chi connectivity index (χ4n) is 3.13. The number of nitriles is 1. The molecule has 0 saturated heterocycles. The molecule has 1 aromatic heterocycles. The first-order chi connectivity index (χ1) is 13.8. The van der Waals surface area contributed by atoms with E-state index in [0.29, 0.717) is 10.6 Å². The molecule has 1 aromatic carbocycles. The van der Waals surface area contributed by atoms with Gasteiger partial charge in [0.2, 0.25) is 5.91 Å². The van der Waals surface area contributed by atoms with Crippen LogP contribution in [0, 0.1) is 11.3 Å². The van der Waals surface area contributed by atoms with Crippen molar-refractivity contribution in [3.05, 3.63) is 52.7 Å². The Kier molecular flexibility index (Phi) is 6.45. The first-order valence-corrected chi connectivity index (χ1v) is 10.0. The number of rotatable bonds is 5. The molecule has 1 amide bonds. The highest BCUT2D eigenvalue weighted by Crippen LogP contribution is 2.34. The number of halogens is 3. The Labute approximate surface area is 170 Å². The van der Waals surface area contributed by atoms with Crippen molar-refractivity contribution < 1.29 is 18.0 Å². The highest BCUT2D eigenvalue weighted by Gasteiger charge is 2.33. The average Bonchev–Trinajstić information content (AvgIpc) is 2.70. The number of carbonyl (C=O) groups is 1. The van der Waals surface area contributed by atoms with Gasteiger partial charge in [0.15, 0.2) is 0 Å². The first-order valence-electron chi connectivity index (χ1n) is 9.06. The van der Waals surface area contributed by atoms with Crippen LogP contribution in [-0.4, -0.2) is 34.6 Å². The molecule has 0 bridgehead atoms. The zero-order chi connectivity index (χ0) is 21.0. The molecule has 9 heteroatoms. The van der Waals surface area contributed by atoms with Crippen LogP contribution < -0.4 is 5.32 Å². The third kappa shape index (κ3) is 5.08. The smallest absolute Gasteiger partial charge is 0.325 e. The number of aromatic nitrogens is 1. The van der Waals surface area contributed by atoms with Crippen LogP contribution in [0.3, 0.4) is 0 Å². The second kappa shape index (κ2) is 8.84. The number of amides is 1. The highest BCUT2D eigenvalue weighted by molar-refractivity contribution is 8.00. The van der Waals surface area contributed by atoms with E-state index in [2.05, 4.69) is 28.2 Å². The first kappa shape index (κ1) is 21.1. The highest BCUT2D eigenvalue weighted by atomic mass is 32.2. The largest absolute Gasteiger partial charge is 0.418 e. The fourth-order valence-corrected chi connectivity index (χ4v) is 3.91. The summed E-state index contributed by atoms with van der Waals surface area (Å²) in [4.78, 5) is 19.0. The summed E-state index contributed by atoms with van der Waals surface area (Å²) in [5, 5.41) is 12.2. The number of nitrogens with zero attached hydrogens (tertiary/aromatic N) is 3. The number of fused-ring (bicyclic) bond motifs is 1. The lowest BCUT2D eigenvalue weighted by Crippen LogP contribution is -2.31. The van der Waals surface area contributed by atoms with E-state index in [1.165, 1.54) is 18.2 Å². The van der Waals surface area contributed by atoms with Crippen molar-refractivity contribution in [2.75, 3.05) is 24.2 Å². The molecular formula is C20H19F3N4OS. The van der Waals surface area contributed by atoms with Crippen LogP contribution >= 0.6 is 11.8 Å². The van der Waals surface area contributed by atoms with Gasteiger partial charge < -0.3 is 5.32 Å². The molecule has 0 saturated carbocycles. The molecule has 0 fully saturated rings. The van der Waals surface area contributed by atoms with Gasteiger partial charge in [-0.25, -0.2) is 4.98 Å². The predicted octanol–water partition coefficient (Wildman–Crippen LogP) is 4.08. The minimum absolute atomic E-state index is 0.145. The maximum Gasteiger partial charge on any atom is 0.418 e. The predicted molar refractivity (Wildman–Crippen MR) is 104 cm³/mol. The molecule has 1 aliphatic rings. The van der Waals surface area contributed by atoms with Gasteiger partial charge in [-0.15, -0.1) is 0 Å². The van der Waals surface area contributed by atoms with E-state index in [1.807, 2.05) is 0 Å². The summed E-state index contributed by atoms with van der Waals surface area (Å²) in [6.07, 6.45) is -3.80. The topological polar surface area (TPSA) is 69.0 Å². The van der Waals surface area contributed by atoms with E-state index in [0.717, 1.165) is 55.1 Å². The van der Waals surface area contributed by atoms with Crippen molar-refractivity contribution in [3.8, 4) is 6.07 Å². The van der Waals surface area contributed by atoms with Crippen LogP contribution in [0.25, 0.3) is 0 Å². The third-order valence-corrected chi connectivity index (χ3v) is 5.62. The van der Waals surface area contributed by atoms with Crippen molar-refractivity contribution in [2.45, 2.75) is 31.1 Å². The van der Waals surface area contributed by atoms with Gasteiger partial charge in [-0.1, -0.05) is 30.8 Å². The SMILES string of the molecule is CCN1CCc2nc(SCC(=O)Nc3ccccc3C(F)(F)F)c(C#N)cc2C1. The second-order valence-electron chi connectivity index (χ2n) is 6.56. The zero-order valence-electron chi connectivity index (χ0n) is 15.7. The summed E-state index contributed by atoms with van der Waals surface area (Å²) in [5.74, 6) is -0.736. The Balaban J connectivity index is 1.71. The summed E-state index contributed by atoms with van der Waals surface area (Å²) < 4.78 is 39.2. The number of anilines is 1. The van der Waals surface area contributed by atoms with Crippen LogP contribution in [0.2, 0.25) is 0 Å². The van der Waals surface area contributed by atoms with Gasteiger partial charge in [0.25, 0.3) is 0 Å². The Morgan fingerprint density at radius 2 is 2.14 bits per heavy atom. The van der Waals surface area contributed by atoms with Gasteiger partial charge in [-0.2, -0.15) is 18.4 Å². The molecule has 5 nitrogen and oxygen atoms in total. The quantitative estimate of drug-likeness (QED) is 0.739. The van der Waals surface area contributed by atoms with Crippen LogP contribution in [0.4, 0.5) is 18.9 Å². The maximum atomic E-state index is 13.1. The van der Waals surface area contributed by atoms with Crippen molar-refractivity contribution in [2.24, 2.45) is 0 Å². The van der Waals surface area contributed by atoms with Gasteiger partial charge in [0, 0.05) is 25.2 Å². The van der Waals surface area contributed by atoms with E-state index in [9.17, 15) is 23.2 Å². The number of nitrogens with one attached hydrogen (secondary N) is 1. The van der Waals surface area contributed by atoms with Gasteiger partial charge >= 0.3 is 6.18 Å². The minimum Gasteiger partial charge on any atom is -0.325 e. The van der Waals surface area contributed by atoms with Gasteiger partial charge in [0.05, 0.1) is 22.6 Å².